The van der Waals surface area contributed by atoms with Gasteiger partial charge in [-0.3, -0.25) is 4.79 Å². The molecule has 0 saturated heterocycles. The van der Waals surface area contributed by atoms with Gasteiger partial charge in [-0.05, 0) is 61.4 Å². The van der Waals surface area contributed by atoms with E-state index in [0.29, 0.717) is 10.8 Å². The van der Waals surface area contributed by atoms with Gasteiger partial charge in [0.2, 0.25) is 0 Å². The van der Waals surface area contributed by atoms with E-state index in [1.54, 1.807) is 18.3 Å². The van der Waals surface area contributed by atoms with Crippen LogP contribution in [0.1, 0.15) is 11.1 Å². The van der Waals surface area contributed by atoms with Crippen molar-refractivity contribution in [3.05, 3.63) is 70.9 Å². The first-order valence-electron chi connectivity index (χ1n) is 9.01. The zero-order valence-electron chi connectivity index (χ0n) is 15.9. The number of anilines is 1. The fourth-order valence-electron chi connectivity index (χ4n) is 2.93. The second-order valence-corrected chi connectivity index (χ2v) is 7.96. The Kier molecular flexibility index (Phi) is 5.47. The van der Waals surface area contributed by atoms with Crippen molar-refractivity contribution >= 4 is 44.9 Å². The minimum atomic E-state index is -0.233. The van der Waals surface area contributed by atoms with Crippen LogP contribution in [0.5, 0.6) is 5.75 Å². The van der Waals surface area contributed by atoms with Crippen LogP contribution >= 0.6 is 22.9 Å². The van der Waals surface area contributed by atoms with Crippen LogP contribution in [0.3, 0.4) is 0 Å². The van der Waals surface area contributed by atoms with E-state index in [1.165, 1.54) is 11.3 Å². The summed E-state index contributed by atoms with van der Waals surface area (Å²) >= 11 is 7.55. The standard InChI is InChI=1S/C22H18ClN3O2S/c1-13-11-15(8-9-17(13)23)28-12-20(27)25-18-6-3-5-16(14(18)2)21-26-19-7-4-10-24-22(19)29-21/h3-11H,12H2,1-2H3,(H,25,27). The number of halogens is 1. The highest BCUT2D eigenvalue weighted by Crippen LogP contribution is 2.33. The van der Waals surface area contributed by atoms with Crippen molar-refractivity contribution in [3.63, 3.8) is 0 Å². The van der Waals surface area contributed by atoms with E-state index in [2.05, 4.69) is 15.3 Å². The Hall–Kier alpha value is -2.96. The molecule has 0 bridgehead atoms. The number of amides is 1. The van der Waals surface area contributed by atoms with E-state index in [4.69, 9.17) is 16.3 Å². The molecule has 7 heteroatoms. The molecular weight excluding hydrogens is 406 g/mol. The number of hydrogen-bond acceptors (Lipinski definition) is 5. The number of benzene rings is 2. The summed E-state index contributed by atoms with van der Waals surface area (Å²) in [5.74, 6) is 0.373. The molecule has 29 heavy (non-hydrogen) atoms. The van der Waals surface area contributed by atoms with Crippen LogP contribution in [0.25, 0.3) is 20.9 Å². The van der Waals surface area contributed by atoms with E-state index < -0.39 is 0 Å². The number of thiazole rings is 1. The number of carbonyl (C=O) groups is 1. The smallest absolute Gasteiger partial charge is 0.262 e. The number of hydrogen-bond donors (Lipinski definition) is 1. The lowest BCUT2D eigenvalue weighted by Gasteiger charge is -2.12. The van der Waals surface area contributed by atoms with Crippen molar-refractivity contribution < 1.29 is 9.53 Å². The lowest BCUT2D eigenvalue weighted by atomic mass is 10.1. The van der Waals surface area contributed by atoms with Gasteiger partial charge in [0, 0.05) is 22.5 Å². The van der Waals surface area contributed by atoms with Crippen molar-refractivity contribution in [3.8, 4) is 16.3 Å². The summed E-state index contributed by atoms with van der Waals surface area (Å²) in [6.45, 7) is 3.77. The van der Waals surface area contributed by atoms with Crippen LogP contribution in [0.2, 0.25) is 5.02 Å². The van der Waals surface area contributed by atoms with Crippen LogP contribution in [0.4, 0.5) is 5.69 Å². The summed E-state index contributed by atoms with van der Waals surface area (Å²) in [5, 5.41) is 4.46. The SMILES string of the molecule is Cc1cc(OCC(=O)Nc2cccc(-c3nc4cccnc4s3)c2C)ccc1Cl. The Balaban J connectivity index is 1.49. The molecule has 146 valence electrons. The minimum absolute atomic E-state index is 0.0875. The van der Waals surface area contributed by atoms with Gasteiger partial charge >= 0.3 is 0 Å². The molecule has 1 amide bonds. The molecule has 5 nitrogen and oxygen atoms in total. The molecule has 0 aliphatic rings. The average Bonchev–Trinajstić information content (AvgIpc) is 3.14. The fraction of sp³-hybridized carbons (Fsp3) is 0.136. The molecule has 0 atom stereocenters. The molecule has 4 rings (SSSR count). The third kappa shape index (κ3) is 4.23. The molecular formula is C22H18ClN3O2S. The number of nitrogens with one attached hydrogen (secondary N) is 1. The third-order valence-corrected chi connectivity index (χ3v) is 5.94. The largest absolute Gasteiger partial charge is 0.484 e. The Morgan fingerprint density at radius 2 is 2.03 bits per heavy atom. The molecule has 0 aliphatic carbocycles. The first-order valence-corrected chi connectivity index (χ1v) is 10.2. The fourth-order valence-corrected chi connectivity index (χ4v) is 4.04. The Bertz CT molecular complexity index is 1170. The normalized spacial score (nSPS) is 10.9. The number of rotatable bonds is 5. The van der Waals surface area contributed by atoms with Crippen molar-refractivity contribution in [2.24, 2.45) is 0 Å². The molecule has 0 aliphatic heterocycles. The summed E-state index contributed by atoms with van der Waals surface area (Å²) < 4.78 is 5.58. The molecule has 0 radical (unpaired) electrons. The lowest BCUT2D eigenvalue weighted by Crippen LogP contribution is -2.20. The van der Waals surface area contributed by atoms with Crippen molar-refractivity contribution in [1.29, 1.82) is 0 Å². The predicted octanol–water partition coefficient (Wildman–Crippen LogP) is 5.65. The lowest BCUT2D eigenvalue weighted by molar-refractivity contribution is -0.118. The second-order valence-electron chi connectivity index (χ2n) is 6.57. The number of ether oxygens (including phenoxy) is 1. The van der Waals surface area contributed by atoms with Crippen LogP contribution < -0.4 is 10.1 Å². The molecule has 1 N–H and O–H groups in total. The number of fused-ring (bicyclic) bond motifs is 1. The summed E-state index contributed by atoms with van der Waals surface area (Å²) in [6.07, 6.45) is 1.76. The third-order valence-electron chi connectivity index (χ3n) is 4.50. The number of pyridine rings is 1. The highest BCUT2D eigenvalue weighted by atomic mass is 35.5. The highest BCUT2D eigenvalue weighted by Gasteiger charge is 2.13. The molecule has 0 saturated carbocycles. The van der Waals surface area contributed by atoms with Gasteiger partial charge in [0.05, 0.1) is 0 Å². The van der Waals surface area contributed by atoms with Gasteiger partial charge in [0.1, 0.15) is 21.1 Å². The quantitative estimate of drug-likeness (QED) is 0.450. The summed E-state index contributed by atoms with van der Waals surface area (Å²) in [6, 6.07) is 14.9. The summed E-state index contributed by atoms with van der Waals surface area (Å²) in [4.78, 5) is 22.3. The highest BCUT2D eigenvalue weighted by molar-refractivity contribution is 7.21. The maximum Gasteiger partial charge on any atom is 0.262 e. The molecule has 2 aromatic carbocycles. The van der Waals surface area contributed by atoms with Crippen LogP contribution in [0, 0.1) is 13.8 Å². The minimum Gasteiger partial charge on any atom is -0.484 e. The maximum atomic E-state index is 12.4. The average molecular weight is 424 g/mol. The topological polar surface area (TPSA) is 64.1 Å². The zero-order valence-corrected chi connectivity index (χ0v) is 17.5. The van der Waals surface area contributed by atoms with Crippen molar-refractivity contribution in [2.45, 2.75) is 13.8 Å². The van der Waals surface area contributed by atoms with Gasteiger partial charge < -0.3 is 10.1 Å². The first-order chi connectivity index (χ1) is 14.0. The van der Waals surface area contributed by atoms with E-state index in [0.717, 1.165) is 37.7 Å². The Morgan fingerprint density at radius 1 is 1.17 bits per heavy atom. The van der Waals surface area contributed by atoms with Gasteiger partial charge in [-0.25, -0.2) is 9.97 Å². The molecule has 4 aromatic rings. The van der Waals surface area contributed by atoms with Gasteiger partial charge in [-0.2, -0.15) is 0 Å². The van der Waals surface area contributed by atoms with E-state index >= 15 is 0 Å². The van der Waals surface area contributed by atoms with Crippen LogP contribution in [-0.4, -0.2) is 22.5 Å². The zero-order chi connectivity index (χ0) is 20.4. The first kappa shape index (κ1) is 19.4. The van der Waals surface area contributed by atoms with Crippen LogP contribution in [-0.2, 0) is 4.79 Å². The predicted molar refractivity (Wildman–Crippen MR) is 118 cm³/mol. The van der Waals surface area contributed by atoms with Crippen LogP contribution in [0.15, 0.2) is 54.7 Å². The van der Waals surface area contributed by atoms with E-state index in [-0.39, 0.29) is 12.5 Å². The number of aryl methyl sites for hydroxylation is 1. The Labute approximate surface area is 177 Å². The summed E-state index contributed by atoms with van der Waals surface area (Å²) in [5.41, 5.74) is 4.42. The van der Waals surface area contributed by atoms with Gasteiger partial charge in [0.15, 0.2) is 6.61 Å². The van der Waals surface area contributed by atoms with Gasteiger partial charge in [-0.1, -0.05) is 35.1 Å². The molecule has 2 aromatic heterocycles. The monoisotopic (exact) mass is 423 g/mol. The Morgan fingerprint density at radius 3 is 2.83 bits per heavy atom. The molecule has 0 spiro atoms. The van der Waals surface area contributed by atoms with Crippen molar-refractivity contribution in [1.82, 2.24) is 9.97 Å². The number of carbonyl (C=O) groups excluding carboxylic acids is 1. The summed E-state index contributed by atoms with van der Waals surface area (Å²) in [7, 11) is 0. The van der Waals surface area contributed by atoms with E-state index in [9.17, 15) is 4.79 Å². The second kappa shape index (κ2) is 8.19. The molecule has 2 heterocycles. The number of nitrogens with zero attached hydrogens (tertiary/aromatic N) is 2. The number of aromatic nitrogens is 2. The van der Waals surface area contributed by atoms with E-state index in [1.807, 2.05) is 50.2 Å². The van der Waals surface area contributed by atoms with Crippen molar-refractivity contribution in [2.75, 3.05) is 11.9 Å². The van der Waals surface area contributed by atoms with Gasteiger partial charge in [0.25, 0.3) is 5.91 Å². The molecule has 0 unspecified atom stereocenters. The maximum absolute atomic E-state index is 12.4. The molecule has 0 fully saturated rings. The van der Waals surface area contributed by atoms with Gasteiger partial charge in [-0.15, -0.1) is 0 Å².